The summed E-state index contributed by atoms with van der Waals surface area (Å²) in [5, 5.41) is 22.1. The molecule has 0 unspecified atom stereocenters. The Morgan fingerprint density at radius 2 is 2.14 bits per heavy atom. The molecule has 0 aliphatic heterocycles. The monoisotopic (exact) mass is 348 g/mol. The van der Waals surface area contributed by atoms with Gasteiger partial charge in [0, 0.05) is 6.07 Å². The number of carbonyl (C=O) groups is 1. The standard InChI is InChI=1S/C12H9BrN6O2/c13-10-4-11-15-7(12(20)21)3-9(18(11)17-10)8-5-14-19(16-8)6-1-2-6/h3-6H,1-2H2,(H,20,21). The lowest BCUT2D eigenvalue weighted by Gasteiger charge is -2.03. The predicted octanol–water partition coefficient (Wildman–Crippen LogP) is 1.78. The molecule has 0 spiro atoms. The Balaban J connectivity index is 1.93. The SMILES string of the molecule is O=C(O)c1cc(-c2cnn(C3CC3)n2)n2nc(Br)cc2n1. The summed E-state index contributed by atoms with van der Waals surface area (Å²) in [5.41, 5.74) is 1.52. The fourth-order valence-electron chi connectivity index (χ4n) is 2.11. The number of hydrogen-bond donors (Lipinski definition) is 1. The maximum atomic E-state index is 11.2. The lowest BCUT2D eigenvalue weighted by Crippen LogP contribution is -2.06. The van der Waals surface area contributed by atoms with E-state index in [1.54, 1.807) is 21.6 Å². The topological polar surface area (TPSA) is 98.2 Å². The summed E-state index contributed by atoms with van der Waals surface area (Å²) in [6.45, 7) is 0. The van der Waals surface area contributed by atoms with Gasteiger partial charge >= 0.3 is 5.97 Å². The minimum Gasteiger partial charge on any atom is -0.477 e. The summed E-state index contributed by atoms with van der Waals surface area (Å²) >= 11 is 3.27. The molecule has 21 heavy (non-hydrogen) atoms. The van der Waals surface area contributed by atoms with E-state index in [0.29, 0.717) is 27.7 Å². The van der Waals surface area contributed by atoms with Crippen molar-refractivity contribution < 1.29 is 9.90 Å². The van der Waals surface area contributed by atoms with Crippen LogP contribution in [0.4, 0.5) is 0 Å². The number of hydrogen-bond acceptors (Lipinski definition) is 5. The zero-order valence-corrected chi connectivity index (χ0v) is 12.2. The molecule has 0 atom stereocenters. The van der Waals surface area contributed by atoms with E-state index in [-0.39, 0.29) is 5.69 Å². The first-order valence-electron chi connectivity index (χ1n) is 6.33. The molecule has 8 nitrogen and oxygen atoms in total. The van der Waals surface area contributed by atoms with Gasteiger partial charge in [0.2, 0.25) is 0 Å². The van der Waals surface area contributed by atoms with Gasteiger partial charge in [0.1, 0.15) is 10.3 Å². The van der Waals surface area contributed by atoms with E-state index in [0.717, 1.165) is 12.8 Å². The fourth-order valence-corrected chi connectivity index (χ4v) is 2.48. The van der Waals surface area contributed by atoms with Gasteiger partial charge in [0.15, 0.2) is 11.3 Å². The van der Waals surface area contributed by atoms with Gasteiger partial charge < -0.3 is 5.11 Å². The summed E-state index contributed by atoms with van der Waals surface area (Å²) in [5.74, 6) is -1.09. The highest BCUT2D eigenvalue weighted by molar-refractivity contribution is 9.10. The molecule has 3 aromatic heterocycles. The summed E-state index contributed by atoms with van der Waals surface area (Å²) in [6.07, 6.45) is 3.77. The molecular formula is C12H9BrN6O2. The van der Waals surface area contributed by atoms with Crippen LogP contribution in [-0.2, 0) is 0 Å². The van der Waals surface area contributed by atoms with Crippen molar-refractivity contribution in [3.63, 3.8) is 0 Å². The van der Waals surface area contributed by atoms with Crippen LogP contribution >= 0.6 is 15.9 Å². The molecule has 0 radical (unpaired) electrons. The van der Waals surface area contributed by atoms with Crippen LogP contribution in [0, 0.1) is 0 Å². The van der Waals surface area contributed by atoms with E-state index < -0.39 is 5.97 Å². The number of aromatic nitrogens is 6. The van der Waals surface area contributed by atoms with Gasteiger partial charge in [-0.3, -0.25) is 0 Å². The van der Waals surface area contributed by atoms with Crippen LogP contribution in [0.25, 0.3) is 17.0 Å². The van der Waals surface area contributed by atoms with Crippen LogP contribution in [0.3, 0.4) is 0 Å². The highest BCUT2D eigenvalue weighted by Crippen LogP contribution is 2.33. The maximum Gasteiger partial charge on any atom is 0.354 e. The first kappa shape index (κ1) is 12.5. The molecule has 1 N–H and O–H groups in total. The smallest absolute Gasteiger partial charge is 0.354 e. The van der Waals surface area contributed by atoms with Crippen molar-refractivity contribution in [2.75, 3.05) is 0 Å². The van der Waals surface area contributed by atoms with Gasteiger partial charge in [0.25, 0.3) is 0 Å². The van der Waals surface area contributed by atoms with Crippen molar-refractivity contribution in [3.05, 3.63) is 28.6 Å². The van der Waals surface area contributed by atoms with Crippen molar-refractivity contribution in [2.24, 2.45) is 0 Å². The van der Waals surface area contributed by atoms with Crippen LogP contribution in [0.1, 0.15) is 29.4 Å². The Kier molecular flexibility index (Phi) is 2.58. The number of carboxylic acid groups (broad SMARTS) is 1. The van der Waals surface area contributed by atoms with E-state index in [1.165, 1.54) is 6.07 Å². The second-order valence-electron chi connectivity index (χ2n) is 4.85. The third-order valence-electron chi connectivity index (χ3n) is 3.26. The van der Waals surface area contributed by atoms with E-state index in [9.17, 15) is 9.90 Å². The second kappa shape index (κ2) is 4.35. The molecule has 0 aromatic carbocycles. The quantitative estimate of drug-likeness (QED) is 0.774. The normalized spacial score (nSPS) is 14.7. The zero-order valence-electron chi connectivity index (χ0n) is 10.6. The highest BCUT2D eigenvalue weighted by Gasteiger charge is 2.26. The summed E-state index contributed by atoms with van der Waals surface area (Å²) in [7, 11) is 0. The third kappa shape index (κ3) is 2.09. The number of rotatable bonds is 3. The maximum absolute atomic E-state index is 11.2. The molecule has 3 heterocycles. The van der Waals surface area contributed by atoms with E-state index in [1.807, 2.05) is 0 Å². The van der Waals surface area contributed by atoms with Gasteiger partial charge in [0.05, 0.1) is 17.9 Å². The first-order chi connectivity index (χ1) is 10.1. The number of nitrogens with zero attached hydrogens (tertiary/aromatic N) is 6. The van der Waals surface area contributed by atoms with Crippen molar-refractivity contribution in [3.8, 4) is 11.4 Å². The Bertz CT molecular complexity index is 866. The number of carboxylic acids is 1. The highest BCUT2D eigenvalue weighted by atomic mass is 79.9. The van der Waals surface area contributed by atoms with Gasteiger partial charge in [-0.15, -0.1) is 0 Å². The van der Waals surface area contributed by atoms with Gasteiger partial charge in [-0.2, -0.15) is 20.1 Å². The van der Waals surface area contributed by atoms with E-state index in [2.05, 4.69) is 36.2 Å². The molecule has 4 rings (SSSR count). The summed E-state index contributed by atoms with van der Waals surface area (Å²) < 4.78 is 2.13. The molecule has 1 fully saturated rings. The second-order valence-corrected chi connectivity index (χ2v) is 5.66. The Labute approximate surface area is 126 Å². The molecule has 3 aromatic rings. The van der Waals surface area contributed by atoms with Crippen molar-refractivity contribution in [1.29, 1.82) is 0 Å². The van der Waals surface area contributed by atoms with Crippen molar-refractivity contribution in [1.82, 2.24) is 29.6 Å². The molecule has 0 saturated heterocycles. The Morgan fingerprint density at radius 1 is 1.33 bits per heavy atom. The molecule has 1 aliphatic carbocycles. The summed E-state index contributed by atoms with van der Waals surface area (Å²) in [4.78, 5) is 16.9. The molecule has 1 saturated carbocycles. The molecular weight excluding hydrogens is 340 g/mol. The third-order valence-corrected chi connectivity index (χ3v) is 3.65. The predicted molar refractivity (Wildman–Crippen MR) is 74.9 cm³/mol. The summed E-state index contributed by atoms with van der Waals surface area (Å²) in [6, 6.07) is 3.47. The average Bonchev–Trinajstić information content (AvgIpc) is 3.05. The largest absolute Gasteiger partial charge is 0.477 e. The Hall–Kier alpha value is -2.29. The minimum atomic E-state index is -1.09. The number of halogens is 1. The van der Waals surface area contributed by atoms with Gasteiger partial charge in [-0.05, 0) is 34.8 Å². The van der Waals surface area contributed by atoms with Crippen molar-refractivity contribution >= 4 is 27.5 Å². The van der Waals surface area contributed by atoms with E-state index in [4.69, 9.17) is 0 Å². The van der Waals surface area contributed by atoms with Crippen LogP contribution < -0.4 is 0 Å². The van der Waals surface area contributed by atoms with Gasteiger partial charge in [-0.25, -0.2) is 14.3 Å². The van der Waals surface area contributed by atoms with Crippen LogP contribution in [0.2, 0.25) is 0 Å². The van der Waals surface area contributed by atoms with Gasteiger partial charge in [-0.1, -0.05) is 0 Å². The first-order valence-corrected chi connectivity index (χ1v) is 7.13. The molecule has 9 heteroatoms. The number of fused-ring (bicyclic) bond motifs is 1. The van der Waals surface area contributed by atoms with E-state index >= 15 is 0 Å². The minimum absolute atomic E-state index is 0.0501. The van der Waals surface area contributed by atoms with Crippen LogP contribution in [0.5, 0.6) is 0 Å². The van der Waals surface area contributed by atoms with Crippen molar-refractivity contribution in [2.45, 2.75) is 18.9 Å². The number of aromatic carboxylic acids is 1. The molecule has 0 amide bonds. The van der Waals surface area contributed by atoms with Crippen LogP contribution in [0.15, 0.2) is 22.9 Å². The molecule has 0 bridgehead atoms. The fraction of sp³-hybridized carbons (Fsp3) is 0.250. The van der Waals surface area contributed by atoms with Crippen LogP contribution in [-0.4, -0.2) is 40.7 Å². The Morgan fingerprint density at radius 3 is 2.86 bits per heavy atom. The molecule has 106 valence electrons. The average molecular weight is 349 g/mol. The molecule has 1 aliphatic rings. The lowest BCUT2D eigenvalue weighted by atomic mass is 10.2. The zero-order chi connectivity index (χ0) is 14.6. The lowest BCUT2D eigenvalue weighted by molar-refractivity contribution is 0.0690.